The second-order valence-corrected chi connectivity index (χ2v) is 6.34. The van der Waals surface area contributed by atoms with Crippen molar-refractivity contribution in [3.8, 4) is 11.1 Å². The number of carbonyl (C=O) groups is 1. The van der Waals surface area contributed by atoms with Crippen LogP contribution in [0.25, 0.3) is 17.2 Å². The Morgan fingerprint density at radius 3 is 2.13 bits per heavy atom. The summed E-state index contributed by atoms with van der Waals surface area (Å²) in [6.07, 6.45) is 1.98. The van der Waals surface area contributed by atoms with Crippen molar-refractivity contribution in [1.82, 2.24) is 4.90 Å². The Labute approximate surface area is 139 Å². The lowest BCUT2D eigenvalue weighted by atomic mass is 9.97. The van der Waals surface area contributed by atoms with Gasteiger partial charge in [-0.1, -0.05) is 61.5 Å². The zero-order valence-corrected chi connectivity index (χ0v) is 14.4. The Hall–Kier alpha value is -2.19. The van der Waals surface area contributed by atoms with Crippen LogP contribution in [-0.2, 0) is 4.79 Å². The first-order chi connectivity index (χ1) is 11.0. The highest BCUT2D eigenvalue weighted by Crippen LogP contribution is 2.20. The molecule has 2 rings (SSSR count). The number of Topliss-reactive ketones (excluding diaryl/α,β-unsaturated/α-hetero) is 1. The first kappa shape index (κ1) is 17.2. The fourth-order valence-corrected chi connectivity index (χ4v) is 2.74. The van der Waals surface area contributed by atoms with E-state index in [9.17, 15) is 4.79 Å². The van der Waals surface area contributed by atoms with Gasteiger partial charge in [0, 0.05) is 12.5 Å². The summed E-state index contributed by atoms with van der Waals surface area (Å²) in [5.41, 5.74) is 4.27. The quantitative estimate of drug-likeness (QED) is 0.731. The van der Waals surface area contributed by atoms with E-state index in [0.717, 1.165) is 17.7 Å². The van der Waals surface area contributed by atoms with Gasteiger partial charge in [0.2, 0.25) is 0 Å². The lowest BCUT2D eigenvalue weighted by molar-refractivity contribution is -0.119. The summed E-state index contributed by atoms with van der Waals surface area (Å²) in [6, 6.07) is 18.6. The number of hydrogen-bond acceptors (Lipinski definition) is 2. The van der Waals surface area contributed by atoms with E-state index < -0.39 is 0 Å². The maximum atomic E-state index is 12.4. The molecule has 120 valence electrons. The summed E-state index contributed by atoms with van der Waals surface area (Å²) in [5, 5.41) is 0. The van der Waals surface area contributed by atoms with Crippen molar-refractivity contribution in [2.24, 2.45) is 5.92 Å². The molecule has 0 fully saturated rings. The number of benzene rings is 2. The summed E-state index contributed by atoms with van der Waals surface area (Å²) in [4.78, 5) is 14.4. The maximum Gasteiger partial charge on any atom is 0.162 e. The van der Waals surface area contributed by atoms with Gasteiger partial charge in [-0.3, -0.25) is 4.79 Å². The number of hydrogen-bond donors (Lipinski definition) is 0. The van der Waals surface area contributed by atoms with E-state index in [-0.39, 0.29) is 11.7 Å². The summed E-state index contributed by atoms with van der Waals surface area (Å²) < 4.78 is 0. The van der Waals surface area contributed by atoms with Gasteiger partial charge in [-0.25, -0.2) is 0 Å². The molecule has 0 amide bonds. The lowest BCUT2D eigenvalue weighted by Gasteiger charge is -2.16. The highest BCUT2D eigenvalue weighted by molar-refractivity contribution is 6.00. The van der Waals surface area contributed by atoms with Gasteiger partial charge in [0.25, 0.3) is 0 Å². The molecule has 0 radical (unpaired) electrons. The predicted molar refractivity (Wildman–Crippen MR) is 98.3 cm³/mol. The Kier molecular flexibility index (Phi) is 5.89. The van der Waals surface area contributed by atoms with E-state index in [1.54, 1.807) is 0 Å². The molecule has 0 aliphatic heterocycles. The topological polar surface area (TPSA) is 20.3 Å². The van der Waals surface area contributed by atoms with Gasteiger partial charge in [-0.05, 0) is 49.4 Å². The molecule has 2 aromatic rings. The van der Waals surface area contributed by atoms with Crippen LogP contribution >= 0.6 is 0 Å². The van der Waals surface area contributed by atoms with Crippen LogP contribution in [0, 0.1) is 5.92 Å². The third-order valence-corrected chi connectivity index (χ3v) is 3.88. The first-order valence-electron chi connectivity index (χ1n) is 8.00. The molecule has 1 atom stereocenters. The summed E-state index contributed by atoms with van der Waals surface area (Å²) >= 11 is 0. The van der Waals surface area contributed by atoms with Gasteiger partial charge in [0.15, 0.2) is 5.78 Å². The predicted octanol–water partition coefficient (Wildman–Crippen LogP) is 4.52. The van der Waals surface area contributed by atoms with Crippen LogP contribution in [0.3, 0.4) is 0 Å². The third-order valence-electron chi connectivity index (χ3n) is 3.88. The van der Waals surface area contributed by atoms with Gasteiger partial charge < -0.3 is 4.90 Å². The zero-order chi connectivity index (χ0) is 16.8. The van der Waals surface area contributed by atoms with Crippen molar-refractivity contribution in [2.45, 2.75) is 13.8 Å². The third kappa shape index (κ3) is 4.90. The van der Waals surface area contributed by atoms with Gasteiger partial charge in [0.1, 0.15) is 0 Å². The molecule has 0 N–H and O–H groups in total. The summed E-state index contributed by atoms with van der Waals surface area (Å²) in [7, 11) is 3.98. The van der Waals surface area contributed by atoms with E-state index in [1.165, 1.54) is 11.1 Å². The van der Waals surface area contributed by atoms with Gasteiger partial charge in [-0.2, -0.15) is 0 Å². The normalized spacial score (nSPS) is 13.2. The van der Waals surface area contributed by atoms with E-state index in [4.69, 9.17) is 0 Å². The van der Waals surface area contributed by atoms with E-state index in [2.05, 4.69) is 36.4 Å². The van der Waals surface area contributed by atoms with Crippen molar-refractivity contribution in [3.63, 3.8) is 0 Å². The molecule has 0 aromatic heterocycles. The van der Waals surface area contributed by atoms with Crippen LogP contribution in [0.5, 0.6) is 0 Å². The smallest absolute Gasteiger partial charge is 0.162 e. The molecular weight excluding hydrogens is 282 g/mol. The molecule has 23 heavy (non-hydrogen) atoms. The minimum atomic E-state index is 0.0184. The number of nitrogens with zero attached hydrogens (tertiary/aromatic N) is 1. The molecule has 0 spiro atoms. The Morgan fingerprint density at radius 1 is 1.00 bits per heavy atom. The van der Waals surface area contributed by atoms with Crippen LogP contribution in [0.1, 0.15) is 19.4 Å². The van der Waals surface area contributed by atoms with Crippen molar-refractivity contribution in [3.05, 3.63) is 65.7 Å². The van der Waals surface area contributed by atoms with E-state index in [0.29, 0.717) is 0 Å². The minimum absolute atomic E-state index is 0.0184. The standard InChI is InChI=1S/C21H25NO/c1-16(21(23)17(2)15-22(3)4)14-18-10-12-20(13-11-18)19-8-6-5-7-9-19/h5-14,17H,15H2,1-4H3/b16-14+. The molecule has 0 saturated carbocycles. The highest BCUT2D eigenvalue weighted by Gasteiger charge is 2.15. The number of ketones is 1. The average Bonchev–Trinajstić information content (AvgIpc) is 2.55. The lowest BCUT2D eigenvalue weighted by Crippen LogP contribution is -2.26. The number of carbonyl (C=O) groups excluding carboxylic acids is 1. The molecule has 0 aliphatic rings. The second kappa shape index (κ2) is 7.89. The van der Waals surface area contributed by atoms with Crippen LogP contribution in [0.4, 0.5) is 0 Å². The Morgan fingerprint density at radius 2 is 1.57 bits per heavy atom. The SMILES string of the molecule is C/C(=C\c1ccc(-c2ccccc2)cc1)C(=O)C(C)CN(C)C. The average molecular weight is 307 g/mol. The van der Waals surface area contributed by atoms with Crippen LogP contribution in [-0.4, -0.2) is 31.3 Å². The van der Waals surface area contributed by atoms with Crippen molar-refractivity contribution in [1.29, 1.82) is 0 Å². The molecule has 2 heteroatoms. The van der Waals surface area contributed by atoms with Crippen LogP contribution < -0.4 is 0 Å². The molecule has 0 bridgehead atoms. The van der Waals surface area contributed by atoms with E-state index in [1.807, 2.05) is 57.1 Å². The fourth-order valence-electron chi connectivity index (χ4n) is 2.74. The van der Waals surface area contributed by atoms with Crippen LogP contribution in [0.2, 0.25) is 0 Å². The fraction of sp³-hybridized carbons (Fsp3) is 0.286. The number of rotatable bonds is 6. The van der Waals surface area contributed by atoms with Crippen LogP contribution in [0.15, 0.2) is 60.2 Å². The largest absolute Gasteiger partial charge is 0.309 e. The molecule has 0 aliphatic carbocycles. The molecule has 1 unspecified atom stereocenters. The summed E-state index contributed by atoms with van der Waals surface area (Å²) in [5.74, 6) is 0.232. The highest BCUT2D eigenvalue weighted by atomic mass is 16.1. The molecule has 0 heterocycles. The molecule has 2 nitrogen and oxygen atoms in total. The van der Waals surface area contributed by atoms with Crippen molar-refractivity contribution < 1.29 is 4.79 Å². The Balaban J connectivity index is 2.12. The Bertz CT molecular complexity index is 669. The summed E-state index contributed by atoms with van der Waals surface area (Å²) in [6.45, 7) is 4.66. The second-order valence-electron chi connectivity index (χ2n) is 6.34. The molecule has 0 saturated heterocycles. The van der Waals surface area contributed by atoms with Gasteiger partial charge in [-0.15, -0.1) is 0 Å². The number of allylic oxidation sites excluding steroid dienone is 1. The molecule has 2 aromatic carbocycles. The van der Waals surface area contributed by atoms with Crippen molar-refractivity contribution in [2.75, 3.05) is 20.6 Å². The van der Waals surface area contributed by atoms with Gasteiger partial charge >= 0.3 is 0 Å². The minimum Gasteiger partial charge on any atom is -0.309 e. The maximum absolute atomic E-state index is 12.4. The monoisotopic (exact) mass is 307 g/mol. The van der Waals surface area contributed by atoms with E-state index >= 15 is 0 Å². The van der Waals surface area contributed by atoms with Gasteiger partial charge in [0.05, 0.1) is 0 Å². The van der Waals surface area contributed by atoms with Crippen molar-refractivity contribution >= 4 is 11.9 Å². The molecular formula is C21H25NO. The zero-order valence-electron chi connectivity index (χ0n) is 14.4. The first-order valence-corrected chi connectivity index (χ1v) is 8.00.